The average molecular weight is 404 g/mol. The first kappa shape index (κ1) is 19.9. The van der Waals surface area contributed by atoms with Crippen LogP contribution in [0.2, 0.25) is 0 Å². The first-order valence-electron chi connectivity index (χ1n) is 10.5. The second kappa shape index (κ2) is 7.82. The van der Waals surface area contributed by atoms with Crippen LogP contribution >= 0.6 is 0 Å². The van der Waals surface area contributed by atoms with Crippen molar-refractivity contribution in [2.45, 2.75) is 51.1 Å². The number of hydrogen-bond acceptors (Lipinski definition) is 4. The molecule has 29 heavy (non-hydrogen) atoms. The van der Waals surface area contributed by atoms with E-state index in [4.69, 9.17) is 4.74 Å². The lowest BCUT2D eigenvalue weighted by Gasteiger charge is -2.43. The number of rotatable bonds is 4. The zero-order valence-corrected chi connectivity index (χ0v) is 17.1. The van der Waals surface area contributed by atoms with Crippen molar-refractivity contribution in [1.29, 1.82) is 0 Å². The fourth-order valence-electron chi connectivity index (χ4n) is 4.76. The maximum absolute atomic E-state index is 13.7. The van der Waals surface area contributed by atoms with Crippen molar-refractivity contribution in [3.8, 4) is 0 Å². The first-order valence-corrected chi connectivity index (χ1v) is 10.5. The van der Waals surface area contributed by atoms with E-state index in [2.05, 4.69) is 16.8 Å². The molecule has 0 aliphatic carbocycles. The number of carbonyl (C=O) groups excluding carboxylic acids is 1. The normalized spacial score (nSPS) is 23.8. The van der Waals surface area contributed by atoms with Crippen LogP contribution in [0.3, 0.4) is 0 Å². The number of fused-ring (bicyclic) bond motifs is 1. The molecule has 7 nitrogen and oxygen atoms in total. The van der Waals surface area contributed by atoms with Gasteiger partial charge in [0, 0.05) is 37.8 Å². The van der Waals surface area contributed by atoms with Gasteiger partial charge in [0.05, 0.1) is 17.6 Å². The number of H-pyrrole nitrogens is 1. The zero-order chi connectivity index (χ0) is 20.6. The molecule has 1 unspecified atom stereocenters. The monoisotopic (exact) mass is 404 g/mol. The third-order valence-corrected chi connectivity index (χ3v) is 6.41. The van der Waals surface area contributed by atoms with E-state index in [1.165, 1.54) is 12.1 Å². The fraction of sp³-hybridized carbons (Fsp3) is 0.619. The van der Waals surface area contributed by atoms with Gasteiger partial charge in [-0.25, -0.2) is 14.0 Å². The molecule has 0 radical (unpaired) electrons. The Kier molecular flexibility index (Phi) is 5.38. The van der Waals surface area contributed by atoms with Crippen molar-refractivity contribution in [3.05, 3.63) is 34.5 Å². The number of aromatic nitrogens is 2. The maximum Gasteiger partial charge on any atom is 0.409 e. The van der Waals surface area contributed by atoms with E-state index in [-0.39, 0.29) is 29.2 Å². The molecule has 1 atom stereocenters. The lowest BCUT2D eigenvalue weighted by atomic mass is 9.94. The molecule has 2 saturated heterocycles. The molecule has 8 heteroatoms. The van der Waals surface area contributed by atoms with Crippen LogP contribution in [-0.2, 0) is 4.74 Å². The molecule has 2 aliphatic heterocycles. The van der Waals surface area contributed by atoms with Crippen molar-refractivity contribution in [1.82, 2.24) is 19.4 Å². The quantitative estimate of drug-likeness (QED) is 0.850. The number of piperidine rings is 1. The van der Waals surface area contributed by atoms with E-state index in [0.717, 1.165) is 38.8 Å². The third-order valence-electron chi connectivity index (χ3n) is 6.41. The summed E-state index contributed by atoms with van der Waals surface area (Å²) in [5, 5.41) is 0. The van der Waals surface area contributed by atoms with Gasteiger partial charge >= 0.3 is 11.8 Å². The lowest BCUT2D eigenvalue weighted by Crippen LogP contribution is -2.52. The standard InChI is InChI=1S/C21H29FN4O3/c1-3-12-29-20(28)24-11-8-21(2,14-24)25-9-6-16(7-10-25)26-18-13-15(22)4-5-17(18)23-19(26)27/h4-5,13,16H,3,6-12,14H2,1-2H3,(H,23,27). The fourth-order valence-corrected chi connectivity index (χ4v) is 4.76. The second-order valence-electron chi connectivity index (χ2n) is 8.46. The number of imidazole rings is 1. The number of likely N-dealkylation sites (tertiary alicyclic amines) is 2. The number of halogens is 1. The number of nitrogens with one attached hydrogen (secondary N) is 1. The molecule has 1 amide bonds. The van der Waals surface area contributed by atoms with Crippen molar-refractivity contribution >= 4 is 17.1 Å². The molecule has 2 aliphatic rings. The van der Waals surface area contributed by atoms with Crippen LogP contribution in [0.15, 0.2) is 23.0 Å². The highest BCUT2D eigenvalue weighted by atomic mass is 19.1. The Balaban J connectivity index is 1.43. The van der Waals surface area contributed by atoms with Gasteiger partial charge in [0.25, 0.3) is 0 Å². The molecule has 4 rings (SSSR count). The average Bonchev–Trinajstić information content (AvgIpc) is 3.26. The van der Waals surface area contributed by atoms with Gasteiger partial charge in [-0.1, -0.05) is 6.92 Å². The van der Waals surface area contributed by atoms with Crippen LogP contribution in [0, 0.1) is 5.82 Å². The smallest absolute Gasteiger partial charge is 0.409 e. The lowest BCUT2D eigenvalue weighted by molar-refractivity contribution is 0.0632. The molecule has 0 spiro atoms. The molecule has 2 fully saturated rings. The number of aromatic amines is 1. The molecule has 1 aromatic heterocycles. The van der Waals surface area contributed by atoms with Crippen LogP contribution < -0.4 is 5.69 Å². The van der Waals surface area contributed by atoms with Gasteiger partial charge < -0.3 is 14.6 Å². The molecule has 0 saturated carbocycles. The Morgan fingerprint density at radius 3 is 2.79 bits per heavy atom. The minimum absolute atomic E-state index is 0.0462. The van der Waals surface area contributed by atoms with Crippen LogP contribution in [-0.4, -0.2) is 63.8 Å². The van der Waals surface area contributed by atoms with Crippen LogP contribution in [0.1, 0.15) is 45.6 Å². The number of carbonyl (C=O) groups is 1. The number of benzene rings is 1. The molecule has 158 valence electrons. The molecular weight excluding hydrogens is 375 g/mol. The van der Waals surface area contributed by atoms with E-state index < -0.39 is 0 Å². The minimum Gasteiger partial charge on any atom is -0.449 e. The van der Waals surface area contributed by atoms with Gasteiger partial charge in [-0.2, -0.15) is 0 Å². The van der Waals surface area contributed by atoms with Crippen LogP contribution in [0.4, 0.5) is 9.18 Å². The second-order valence-corrected chi connectivity index (χ2v) is 8.46. The number of hydrogen-bond donors (Lipinski definition) is 1. The minimum atomic E-state index is -0.337. The summed E-state index contributed by atoms with van der Waals surface area (Å²) < 4.78 is 20.7. The Morgan fingerprint density at radius 1 is 1.31 bits per heavy atom. The highest BCUT2D eigenvalue weighted by Crippen LogP contribution is 2.34. The number of ether oxygens (including phenoxy) is 1. The highest BCUT2D eigenvalue weighted by molar-refractivity contribution is 5.75. The van der Waals surface area contributed by atoms with Crippen LogP contribution in [0.25, 0.3) is 11.0 Å². The summed E-state index contributed by atoms with van der Waals surface area (Å²) >= 11 is 0. The molecular formula is C21H29FN4O3. The first-order chi connectivity index (χ1) is 13.9. The predicted molar refractivity (Wildman–Crippen MR) is 109 cm³/mol. The van der Waals surface area contributed by atoms with Gasteiger partial charge in [-0.15, -0.1) is 0 Å². The summed E-state index contributed by atoms with van der Waals surface area (Å²) in [6.45, 7) is 7.70. The van der Waals surface area contributed by atoms with Crippen molar-refractivity contribution in [2.75, 3.05) is 32.8 Å². The van der Waals surface area contributed by atoms with Crippen LogP contribution in [0.5, 0.6) is 0 Å². The van der Waals surface area contributed by atoms with Gasteiger partial charge in [0.2, 0.25) is 0 Å². The van der Waals surface area contributed by atoms with Gasteiger partial charge in [0.15, 0.2) is 0 Å². The molecule has 3 heterocycles. The Hall–Kier alpha value is -2.35. The third kappa shape index (κ3) is 3.77. The summed E-state index contributed by atoms with van der Waals surface area (Å²) in [6.07, 6.45) is 3.15. The number of nitrogens with zero attached hydrogens (tertiary/aromatic N) is 3. The van der Waals surface area contributed by atoms with Gasteiger partial charge in [-0.05, 0) is 50.8 Å². The van der Waals surface area contributed by atoms with E-state index in [1.807, 2.05) is 6.92 Å². The summed E-state index contributed by atoms with van der Waals surface area (Å²) in [4.78, 5) is 31.7. The summed E-state index contributed by atoms with van der Waals surface area (Å²) in [6, 6.07) is 4.45. The molecule has 1 N–H and O–H groups in total. The Labute approximate surface area is 169 Å². The number of amides is 1. The van der Waals surface area contributed by atoms with Gasteiger partial charge in [0.1, 0.15) is 5.82 Å². The van der Waals surface area contributed by atoms with Crippen molar-refractivity contribution in [2.24, 2.45) is 0 Å². The van der Waals surface area contributed by atoms with E-state index in [0.29, 0.717) is 30.7 Å². The Morgan fingerprint density at radius 2 is 2.07 bits per heavy atom. The van der Waals surface area contributed by atoms with Crippen molar-refractivity contribution < 1.29 is 13.9 Å². The SMILES string of the molecule is CCCOC(=O)N1CCC(C)(N2CCC(n3c(=O)[nH]c4ccc(F)cc43)CC2)C1. The zero-order valence-electron chi connectivity index (χ0n) is 17.1. The molecule has 1 aromatic carbocycles. The molecule has 2 aromatic rings. The highest BCUT2D eigenvalue weighted by Gasteiger charge is 2.42. The van der Waals surface area contributed by atoms with E-state index >= 15 is 0 Å². The predicted octanol–water partition coefficient (Wildman–Crippen LogP) is 3.12. The molecule has 0 bridgehead atoms. The van der Waals surface area contributed by atoms with E-state index in [9.17, 15) is 14.0 Å². The van der Waals surface area contributed by atoms with Crippen molar-refractivity contribution in [3.63, 3.8) is 0 Å². The Bertz CT molecular complexity index is 947. The topological polar surface area (TPSA) is 70.6 Å². The maximum atomic E-state index is 13.7. The van der Waals surface area contributed by atoms with Gasteiger partial charge in [-0.3, -0.25) is 9.47 Å². The largest absolute Gasteiger partial charge is 0.449 e. The summed E-state index contributed by atoms with van der Waals surface area (Å²) in [7, 11) is 0. The van der Waals surface area contributed by atoms with E-state index in [1.54, 1.807) is 15.5 Å². The summed E-state index contributed by atoms with van der Waals surface area (Å²) in [5.74, 6) is -0.337. The summed E-state index contributed by atoms with van der Waals surface area (Å²) in [5.41, 5.74) is 1.04.